The van der Waals surface area contributed by atoms with Crippen molar-refractivity contribution in [1.82, 2.24) is 19.7 Å². The van der Waals surface area contributed by atoms with Gasteiger partial charge in [-0.25, -0.2) is 13.2 Å². The fourth-order valence-electron chi connectivity index (χ4n) is 3.54. The second kappa shape index (κ2) is 8.25. The maximum Gasteiger partial charge on any atom is 0.451 e. The van der Waals surface area contributed by atoms with Crippen molar-refractivity contribution in [3.8, 4) is 0 Å². The summed E-state index contributed by atoms with van der Waals surface area (Å²) in [6.07, 6.45) is -4.90. The predicted octanol–water partition coefficient (Wildman–Crippen LogP) is 2.97. The molecule has 0 aliphatic carbocycles. The molecule has 1 aliphatic heterocycles. The normalized spacial score (nSPS) is 18.1. The fourth-order valence-corrected chi connectivity index (χ4v) is 3.54. The molecule has 0 radical (unpaired) electrons. The van der Waals surface area contributed by atoms with E-state index in [9.17, 15) is 31.1 Å². The summed E-state index contributed by atoms with van der Waals surface area (Å²) in [5.74, 6) is -5.12. The van der Waals surface area contributed by atoms with Gasteiger partial charge in [-0.15, -0.1) is 10.2 Å². The molecule has 30 heavy (non-hydrogen) atoms. The van der Waals surface area contributed by atoms with Crippen LogP contribution in [0.4, 0.5) is 26.3 Å². The molecule has 164 valence electrons. The lowest BCUT2D eigenvalue weighted by atomic mass is 10.0. The number of rotatable bonds is 4. The number of hydrogen-bond acceptors (Lipinski definition) is 4. The van der Waals surface area contributed by atoms with E-state index in [2.05, 4.69) is 10.2 Å². The molecule has 0 spiro atoms. The SMILES string of the molecule is C[C@@H]1c2nnc(C(F)(F)F)n2CCCN1C(=O)C[C@H](N)Cc1cc(F)c(F)cc1F. The van der Waals surface area contributed by atoms with E-state index in [-0.39, 0.29) is 43.7 Å². The van der Waals surface area contributed by atoms with Crippen molar-refractivity contribution >= 4 is 5.91 Å². The molecule has 2 atom stereocenters. The first kappa shape index (κ1) is 22.1. The van der Waals surface area contributed by atoms with Gasteiger partial charge in [-0.1, -0.05) is 0 Å². The molecule has 0 fully saturated rings. The molecular formula is C18H19F6N5O. The van der Waals surface area contributed by atoms with Gasteiger partial charge in [0.05, 0.1) is 6.04 Å². The molecule has 6 nitrogen and oxygen atoms in total. The molecule has 1 aromatic heterocycles. The first-order valence-electron chi connectivity index (χ1n) is 9.17. The van der Waals surface area contributed by atoms with Crippen molar-refractivity contribution in [2.24, 2.45) is 5.73 Å². The Morgan fingerprint density at radius 2 is 1.83 bits per heavy atom. The molecule has 3 rings (SSSR count). The molecule has 0 saturated heterocycles. The average molecular weight is 435 g/mol. The number of alkyl halides is 3. The van der Waals surface area contributed by atoms with Crippen LogP contribution < -0.4 is 5.73 Å². The number of nitrogens with two attached hydrogens (primary N) is 1. The molecule has 0 unspecified atom stereocenters. The number of hydrogen-bond donors (Lipinski definition) is 1. The molecule has 2 aromatic rings. The predicted molar refractivity (Wildman–Crippen MR) is 92.4 cm³/mol. The summed E-state index contributed by atoms with van der Waals surface area (Å²) in [5.41, 5.74) is 5.72. The molecule has 2 N–H and O–H groups in total. The van der Waals surface area contributed by atoms with Gasteiger partial charge in [-0.3, -0.25) is 4.79 Å². The number of fused-ring (bicyclic) bond motifs is 1. The smallest absolute Gasteiger partial charge is 0.333 e. The van der Waals surface area contributed by atoms with Gasteiger partial charge in [0.1, 0.15) is 5.82 Å². The Kier molecular flexibility index (Phi) is 6.06. The highest BCUT2D eigenvalue weighted by Gasteiger charge is 2.40. The number of carbonyl (C=O) groups excluding carboxylic acids is 1. The molecule has 2 heterocycles. The molecule has 0 saturated carbocycles. The second-order valence-electron chi connectivity index (χ2n) is 7.17. The lowest BCUT2D eigenvalue weighted by Gasteiger charge is -2.27. The highest BCUT2D eigenvalue weighted by atomic mass is 19.4. The van der Waals surface area contributed by atoms with E-state index in [1.54, 1.807) is 0 Å². The van der Waals surface area contributed by atoms with E-state index in [4.69, 9.17) is 5.73 Å². The Labute approximate surface area is 167 Å². The maximum atomic E-state index is 13.8. The van der Waals surface area contributed by atoms with E-state index < -0.39 is 47.4 Å². The van der Waals surface area contributed by atoms with Gasteiger partial charge in [0.25, 0.3) is 0 Å². The van der Waals surface area contributed by atoms with Crippen LogP contribution in [0.25, 0.3) is 0 Å². The standard InChI is InChI=1S/C18H19F6N5O/c1-9-16-26-27-17(18(22,23)24)29(16)4-2-3-28(9)15(30)7-11(25)5-10-6-13(20)14(21)8-12(10)19/h6,8-9,11H,2-5,7,25H2,1H3/t9-,11-/m1/s1. The molecule has 1 aliphatic rings. The van der Waals surface area contributed by atoms with Crippen LogP contribution in [0.3, 0.4) is 0 Å². The summed E-state index contributed by atoms with van der Waals surface area (Å²) in [6, 6.07) is -0.599. The molecule has 1 amide bonds. The number of benzene rings is 1. The lowest BCUT2D eigenvalue weighted by molar-refractivity contribution is -0.147. The van der Waals surface area contributed by atoms with Gasteiger partial charge in [0, 0.05) is 31.6 Å². The van der Waals surface area contributed by atoms with Crippen LogP contribution in [0.2, 0.25) is 0 Å². The largest absolute Gasteiger partial charge is 0.451 e. The van der Waals surface area contributed by atoms with Gasteiger partial charge in [0.2, 0.25) is 11.7 Å². The Bertz CT molecular complexity index is 944. The van der Waals surface area contributed by atoms with Crippen molar-refractivity contribution in [2.75, 3.05) is 6.54 Å². The second-order valence-corrected chi connectivity index (χ2v) is 7.17. The van der Waals surface area contributed by atoms with Gasteiger partial charge in [-0.2, -0.15) is 13.2 Å². The number of aromatic nitrogens is 3. The summed E-state index contributed by atoms with van der Waals surface area (Å²) in [6.45, 7) is 1.70. The summed E-state index contributed by atoms with van der Waals surface area (Å²) in [4.78, 5) is 14.1. The van der Waals surface area contributed by atoms with Gasteiger partial charge in [0.15, 0.2) is 17.5 Å². The van der Waals surface area contributed by atoms with E-state index in [0.29, 0.717) is 12.1 Å². The highest BCUT2D eigenvalue weighted by Crippen LogP contribution is 2.32. The summed E-state index contributed by atoms with van der Waals surface area (Å²) >= 11 is 0. The Hall–Kier alpha value is -2.63. The van der Waals surface area contributed by atoms with Crippen molar-refractivity contribution in [1.29, 1.82) is 0 Å². The van der Waals surface area contributed by atoms with Crippen LogP contribution in [0.15, 0.2) is 12.1 Å². The minimum atomic E-state index is -4.67. The maximum absolute atomic E-state index is 13.8. The van der Waals surface area contributed by atoms with Crippen LogP contribution in [0.1, 0.15) is 43.0 Å². The van der Waals surface area contributed by atoms with Crippen LogP contribution >= 0.6 is 0 Å². The number of halogens is 6. The van der Waals surface area contributed by atoms with Crippen LogP contribution in [0, 0.1) is 17.5 Å². The van der Waals surface area contributed by atoms with Crippen LogP contribution in [-0.4, -0.2) is 38.2 Å². The first-order chi connectivity index (χ1) is 14.0. The van der Waals surface area contributed by atoms with E-state index in [1.165, 1.54) is 11.8 Å². The van der Waals surface area contributed by atoms with Crippen molar-refractivity contribution < 1.29 is 31.1 Å². The van der Waals surface area contributed by atoms with Crippen molar-refractivity contribution in [2.45, 2.75) is 51.0 Å². The quantitative estimate of drug-likeness (QED) is 0.592. The zero-order chi connectivity index (χ0) is 22.2. The van der Waals surface area contributed by atoms with E-state index in [0.717, 1.165) is 4.57 Å². The summed E-state index contributed by atoms with van der Waals surface area (Å²) < 4.78 is 80.4. The van der Waals surface area contributed by atoms with Crippen molar-refractivity contribution in [3.63, 3.8) is 0 Å². The van der Waals surface area contributed by atoms with Crippen molar-refractivity contribution in [3.05, 3.63) is 46.8 Å². The Morgan fingerprint density at radius 3 is 2.50 bits per heavy atom. The lowest BCUT2D eigenvalue weighted by Crippen LogP contribution is -2.38. The van der Waals surface area contributed by atoms with Crippen LogP contribution in [0.5, 0.6) is 0 Å². The number of carbonyl (C=O) groups is 1. The van der Waals surface area contributed by atoms with Gasteiger partial charge < -0.3 is 15.2 Å². The first-order valence-corrected chi connectivity index (χ1v) is 9.17. The third-order valence-corrected chi connectivity index (χ3v) is 4.98. The highest BCUT2D eigenvalue weighted by molar-refractivity contribution is 5.77. The topological polar surface area (TPSA) is 77.0 Å². The minimum Gasteiger partial charge on any atom is -0.333 e. The Balaban J connectivity index is 1.72. The molecule has 12 heteroatoms. The third-order valence-electron chi connectivity index (χ3n) is 4.98. The van der Waals surface area contributed by atoms with Gasteiger partial charge >= 0.3 is 6.18 Å². The Morgan fingerprint density at radius 1 is 1.17 bits per heavy atom. The number of amides is 1. The monoisotopic (exact) mass is 435 g/mol. The van der Waals surface area contributed by atoms with Crippen LogP contribution in [-0.2, 0) is 23.9 Å². The third kappa shape index (κ3) is 4.42. The van der Waals surface area contributed by atoms with E-state index in [1.807, 2.05) is 0 Å². The van der Waals surface area contributed by atoms with Gasteiger partial charge in [-0.05, 0) is 31.4 Å². The molecular weight excluding hydrogens is 416 g/mol. The number of nitrogens with zero attached hydrogens (tertiary/aromatic N) is 4. The van der Waals surface area contributed by atoms with E-state index >= 15 is 0 Å². The zero-order valence-corrected chi connectivity index (χ0v) is 15.9. The summed E-state index contributed by atoms with van der Waals surface area (Å²) in [5, 5.41) is 6.83. The molecule has 1 aromatic carbocycles. The zero-order valence-electron chi connectivity index (χ0n) is 15.9. The minimum absolute atomic E-state index is 0.00256. The molecule has 0 bridgehead atoms. The average Bonchev–Trinajstić information content (AvgIpc) is 3.00. The fraction of sp³-hybridized carbons (Fsp3) is 0.500. The summed E-state index contributed by atoms with van der Waals surface area (Å²) in [7, 11) is 0.